The molecule has 1 aromatic rings. The van der Waals surface area contributed by atoms with Crippen LogP contribution in [-0.4, -0.2) is 18.8 Å². The molecule has 1 aromatic heterocycles. The molecule has 0 amide bonds. The van der Waals surface area contributed by atoms with Crippen LogP contribution in [0.5, 0.6) is 5.88 Å². The second kappa shape index (κ2) is 3.22. The smallest absolute Gasteiger partial charge is 0.254 e. The Hall–Kier alpha value is -1.03. The molecule has 0 aromatic carbocycles. The van der Waals surface area contributed by atoms with Crippen molar-refractivity contribution in [3.05, 3.63) is 11.8 Å². The average molecular weight is 142 g/mol. The van der Waals surface area contributed by atoms with Crippen LogP contribution in [0.3, 0.4) is 0 Å². The van der Waals surface area contributed by atoms with Gasteiger partial charge in [-0.25, -0.2) is 0 Å². The summed E-state index contributed by atoms with van der Waals surface area (Å²) in [4.78, 5) is 0. The van der Waals surface area contributed by atoms with Gasteiger partial charge in [0.2, 0.25) is 0 Å². The van der Waals surface area contributed by atoms with Crippen LogP contribution < -0.4 is 10.5 Å². The predicted molar refractivity (Wildman–Crippen MR) is 35.8 cm³/mol. The third kappa shape index (κ3) is 1.48. The summed E-state index contributed by atoms with van der Waals surface area (Å²) in [7, 11) is 1.55. The van der Waals surface area contributed by atoms with Crippen molar-refractivity contribution in [1.29, 1.82) is 0 Å². The second-order valence-electron chi connectivity index (χ2n) is 1.87. The minimum Gasteiger partial charge on any atom is -0.479 e. The standard InChI is InChI=1S/C6H10N2O2/c1-9-6-4-5(2-3-7)10-8-6/h4H,2-3,7H2,1H3. The number of aromatic nitrogens is 1. The van der Waals surface area contributed by atoms with Gasteiger partial charge in [0.1, 0.15) is 5.76 Å². The van der Waals surface area contributed by atoms with Gasteiger partial charge in [0.25, 0.3) is 5.88 Å². The van der Waals surface area contributed by atoms with Crippen LogP contribution in [0.4, 0.5) is 0 Å². The molecule has 2 N–H and O–H groups in total. The van der Waals surface area contributed by atoms with E-state index < -0.39 is 0 Å². The molecule has 56 valence electrons. The first kappa shape index (κ1) is 7.08. The molecule has 0 spiro atoms. The third-order valence-electron chi connectivity index (χ3n) is 1.14. The number of hydrogen-bond acceptors (Lipinski definition) is 4. The molecule has 0 aliphatic heterocycles. The van der Waals surface area contributed by atoms with E-state index in [1.165, 1.54) is 0 Å². The van der Waals surface area contributed by atoms with Crippen LogP contribution in [0.2, 0.25) is 0 Å². The van der Waals surface area contributed by atoms with E-state index in [1.807, 2.05) is 0 Å². The lowest BCUT2D eigenvalue weighted by Crippen LogP contribution is -2.01. The number of ether oxygens (including phenoxy) is 1. The van der Waals surface area contributed by atoms with E-state index >= 15 is 0 Å². The first-order valence-corrected chi connectivity index (χ1v) is 3.06. The Bertz CT molecular complexity index is 197. The lowest BCUT2D eigenvalue weighted by Gasteiger charge is -1.85. The van der Waals surface area contributed by atoms with E-state index in [4.69, 9.17) is 15.0 Å². The Morgan fingerprint density at radius 3 is 3.10 bits per heavy atom. The molecule has 4 heteroatoms. The summed E-state index contributed by atoms with van der Waals surface area (Å²) < 4.78 is 9.64. The third-order valence-corrected chi connectivity index (χ3v) is 1.14. The second-order valence-corrected chi connectivity index (χ2v) is 1.87. The molecule has 0 unspecified atom stereocenters. The highest BCUT2D eigenvalue weighted by molar-refractivity contribution is 5.10. The fourth-order valence-electron chi connectivity index (χ4n) is 0.650. The fraction of sp³-hybridized carbons (Fsp3) is 0.500. The van der Waals surface area contributed by atoms with Crippen LogP contribution in [-0.2, 0) is 6.42 Å². The van der Waals surface area contributed by atoms with Crippen molar-refractivity contribution < 1.29 is 9.26 Å². The first-order chi connectivity index (χ1) is 4.86. The van der Waals surface area contributed by atoms with Crippen molar-refractivity contribution in [3.8, 4) is 5.88 Å². The summed E-state index contributed by atoms with van der Waals surface area (Å²) in [6, 6.07) is 1.73. The molecule has 0 aliphatic rings. The Kier molecular flexibility index (Phi) is 2.28. The zero-order valence-corrected chi connectivity index (χ0v) is 5.83. The molecule has 1 heterocycles. The number of nitrogens with zero attached hydrogens (tertiary/aromatic N) is 1. The summed E-state index contributed by atoms with van der Waals surface area (Å²) in [5.74, 6) is 1.27. The summed E-state index contributed by atoms with van der Waals surface area (Å²) in [5, 5.41) is 3.60. The topological polar surface area (TPSA) is 61.3 Å². The predicted octanol–water partition coefficient (Wildman–Crippen LogP) is 0.184. The van der Waals surface area contributed by atoms with Gasteiger partial charge in [0.15, 0.2) is 0 Å². The lowest BCUT2D eigenvalue weighted by atomic mass is 10.3. The molecule has 0 radical (unpaired) electrons. The van der Waals surface area contributed by atoms with Gasteiger partial charge in [-0.2, -0.15) is 0 Å². The maximum atomic E-state index is 5.28. The molecule has 0 aliphatic carbocycles. The summed E-state index contributed by atoms with van der Waals surface area (Å²) >= 11 is 0. The summed E-state index contributed by atoms with van der Waals surface area (Å²) in [6.45, 7) is 0.568. The molecule has 0 saturated heterocycles. The van der Waals surface area contributed by atoms with E-state index in [0.29, 0.717) is 18.8 Å². The normalized spacial score (nSPS) is 9.80. The van der Waals surface area contributed by atoms with Crippen molar-refractivity contribution in [3.63, 3.8) is 0 Å². The molecule has 4 nitrogen and oxygen atoms in total. The monoisotopic (exact) mass is 142 g/mol. The van der Waals surface area contributed by atoms with Crippen LogP contribution in [0.25, 0.3) is 0 Å². The van der Waals surface area contributed by atoms with Crippen molar-refractivity contribution >= 4 is 0 Å². The minimum atomic E-state index is 0.503. The van der Waals surface area contributed by atoms with Gasteiger partial charge >= 0.3 is 0 Å². The van der Waals surface area contributed by atoms with Gasteiger partial charge in [-0.05, 0) is 11.7 Å². The molecular formula is C6H10N2O2. The highest BCUT2D eigenvalue weighted by Gasteiger charge is 2.00. The quantitative estimate of drug-likeness (QED) is 0.654. The van der Waals surface area contributed by atoms with Crippen LogP contribution in [0.15, 0.2) is 10.6 Å². The molecule has 10 heavy (non-hydrogen) atoms. The zero-order chi connectivity index (χ0) is 7.40. The Morgan fingerprint density at radius 1 is 1.80 bits per heavy atom. The first-order valence-electron chi connectivity index (χ1n) is 3.06. The van der Waals surface area contributed by atoms with Crippen molar-refractivity contribution in [2.24, 2.45) is 5.73 Å². The van der Waals surface area contributed by atoms with Crippen LogP contribution >= 0.6 is 0 Å². The highest BCUT2D eigenvalue weighted by atomic mass is 16.5. The van der Waals surface area contributed by atoms with E-state index in [0.717, 1.165) is 5.76 Å². The number of nitrogens with two attached hydrogens (primary N) is 1. The van der Waals surface area contributed by atoms with Crippen molar-refractivity contribution in [2.45, 2.75) is 6.42 Å². The zero-order valence-electron chi connectivity index (χ0n) is 5.83. The number of hydrogen-bond donors (Lipinski definition) is 1. The van der Waals surface area contributed by atoms with Gasteiger partial charge < -0.3 is 15.0 Å². The molecule has 0 atom stereocenters. The van der Waals surface area contributed by atoms with E-state index in [-0.39, 0.29) is 0 Å². The molecule has 1 rings (SSSR count). The summed E-state index contributed by atoms with van der Waals surface area (Å²) in [6.07, 6.45) is 0.705. The van der Waals surface area contributed by atoms with E-state index in [9.17, 15) is 0 Å². The Morgan fingerprint density at radius 2 is 2.60 bits per heavy atom. The largest absolute Gasteiger partial charge is 0.479 e. The lowest BCUT2D eigenvalue weighted by molar-refractivity contribution is 0.327. The van der Waals surface area contributed by atoms with Gasteiger partial charge in [0, 0.05) is 12.5 Å². The van der Waals surface area contributed by atoms with Crippen molar-refractivity contribution in [2.75, 3.05) is 13.7 Å². The molecule has 0 fully saturated rings. The molecule has 0 bridgehead atoms. The van der Waals surface area contributed by atoms with Gasteiger partial charge in [0.05, 0.1) is 7.11 Å². The van der Waals surface area contributed by atoms with Crippen LogP contribution in [0.1, 0.15) is 5.76 Å². The Balaban J connectivity index is 2.59. The van der Waals surface area contributed by atoms with E-state index in [2.05, 4.69) is 5.16 Å². The number of rotatable bonds is 3. The SMILES string of the molecule is COc1cc(CCN)on1. The van der Waals surface area contributed by atoms with Gasteiger partial charge in [-0.1, -0.05) is 0 Å². The van der Waals surface area contributed by atoms with Gasteiger partial charge in [-0.3, -0.25) is 0 Å². The minimum absolute atomic E-state index is 0.503. The molecular weight excluding hydrogens is 132 g/mol. The van der Waals surface area contributed by atoms with E-state index in [1.54, 1.807) is 13.2 Å². The maximum absolute atomic E-state index is 5.28. The average Bonchev–Trinajstić information content (AvgIpc) is 2.37. The fourth-order valence-corrected chi connectivity index (χ4v) is 0.650. The molecule has 0 saturated carbocycles. The number of methoxy groups -OCH3 is 1. The highest BCUT2D eigenvalue weighted by Crippen LogP contribution is 2.09. The van der Waals surface area contributed by atoms with Gasteiger partial charge in [-0.15, -0.1) is 0 Å². The Labute approximate surface area is 58.9 Å². The summed E-state index contributed by atoms with van der Waals surface area (Å²) in [5.41, 5.74) is 5.28. The van der Waals surface area contributed by atoms with Crippen LogP contribution in [0, 0.1) is 0 Å². The van der Waals surface area contributed by atoms with Crippen molar-refractivity contribution in [1.82, 2.24) is 5.16 Å². The maximum Gasteiger partial charge on any atom is 0.254 e.